The number of hydrogen-bond acceptors (Lipinski definition) is 5. The Labute approximate surface area is 155 Å². The number of carbonyl (C=O) groups is 1. The third-order valence-corrected chi connectivity index (χ3v) is 4.40. The van der Waals surface area contributed by atoms with E-state index in [1.807, 2.05) is 0 Å². The van der Waals surface area contributed by atoms with Gasteiger partial charge >= 0.3 is 6.18 Å². The molecule has 10 heteroatoms. The molecule has 0 aliphatic rings. The molecule has 3 rings (SSSR count). The lowest BCUT2D eigenvalue weighted by molar-refractivity contribution is -0.137. The molecule has 0 bridgehead atoms. The molecule has 6 nitrogen and oxygen atoms in total. The molecule has 1 N–H and O–H groups in total. The maximum atomic E-state index is 12.6. The highest BCUT2D eigenvalue weighted by Gasteiger charge is 2.29. The molecule has 0 aliphatic carbocycles. The zero-order valence-electron chi connectivity index (χ0n) is 13.9. The van der Waals surface area contributed by atoms with E-state index in [-0.39, 0.29) is 17.2 Å². The molecule has 3 aromatic rings. The minimum atomic E-state index is -4.42. The van der Waals surface area contributed by atoms with E-state index in [2.05, 4.69) is 15.5 Å². The SMILES string of the molecule is Cc1nnc(NC(=O)c2cccn(Cc3ccc(C(F)(F)F)cc3)c2=O)s1. The van der Waals surface area contributed by atoms with Crippen molar-refractivity contribution >= 4 is 22.4 Å². The van der Waals surface area contributed by atoms with Gasteiger partial charge in [0.1, 0.15) is 10.6 Å². The van der Waals surface area contributed by atoms with Crippen LogP contribution in [0.2, 0.25) is 0 Å². The number of rotatable bonds is 4. The molecular weight excluding hydrogens is 381 g/mol. The van der Waals surface area contributed by atoms with Crippen LogP contribution in [0.4, 0.5) is 18.3 Å². The molecule has 1 amide bonds. The molecule has 0 saturated carbocycles. The molecule has 27 heavy (non-hydrogen) atoms. The van der Waals surface area contributed by atoms with Crippen LogP contribution in [0.1, 0.15) is 26.5 Å². The highest BCUT2D eigenvalue weighted by atomic mass is 32.1. The highest BCUT2D eigenvalue weighted by molar-refractivity contribution is 7.15. The van der Waals surface area contributed by atoms with Crippen molar-refractivity contribution < 1.29 is 18.0 Å². The van der Waals surface area contributed by atoms with Crippen LogP contribution in [-0.2, 0) is 12.7 Å². The standard InChI is InChI=1S/C17H13F3N4O2S/c1-10-22-23-16(27-10)21-14(25)13-3-2-8-24(15(13)26)9-11-4-6-12(7-5-11)17(18,19)20/h2-8H,9H2,1H3,(H,21,23,25). The first kappa shape index (κ1) is 18.8. The molecule has 0 atom stereocenters. The summed E-state index contributed by atoms with van der Waals surface area (Å²) < 4.78 is 39.1. The molecule has 0 spiro atoms. The van der Waals surface area contributed by atoms with Crippen molar-refractivity contribution in [1.82, 2.24) is 14.8 Å². The Morgan fingerprint density at radius 2 is 1.89 bits per heavy atom. The number of pyridine rings is 1. The Morgan fingerprint density at radius 3 is 2.48 bits per heavy atom. The number of aromatic nitrogens is 3. The summed E-state index contributed by atoms with van der Waals surface area (Å²) >= 11 is 1.17. The van der Waals surface area contributed by atoms with Crippen LogP contribution in [0, 0.1) is 6.92 Å². The van der Waals surface area contributed by atoms with Crippen molar-refractivity contribution in [3.05, 3.63) is 74.6 Å². The largest absolute Gasteiger partial charge is 0.416 e. The topological polar surface area (TPSA) is 76.9 Å². The fraction of sp³-hybridized carbons (Fsp3) is 0.176. The number of alkyl halides is 3. The predicted molar refractivity (Wildman–Crippen MR) is 93.8 cm³/mol. The fourth-order valence-corrected chi connectivity index (χ4v) is 2.93. The van der Waals surface area contributed by atoms with Crippen molar-refractivity contribution in [1.29, 1.82) is 0 Å². The van der Waals surface area contributed by atoms with E-state index in [1.54, 1.807) is 6.92 Å². The van der Waals surface area contributed by atoms with Crippen LogP contribution in [0.15, 0.2) is 47.4 Å². The molecular formula is C17H13F3N4O2S. The van der Waals surface area contributed by atoms with E-state index in [1.165, 1.54) is 46.4 Å². The molecule has 2 heterocycles. The van der Waals surface area contributed by atoms with E-state index in [0.29, 0.717) is 10.6 Å². The van der Waals surface area contributed by atoms with Gasteiger partial charge in [-0.1, -0.05) is 23.5 Å². The van der Waals surface area contributed by atoms with Crippen LogP contribution in [-0.4, -0.2) is 20.7 Å². The number of nitrogens with zero attached hydrogens (tertiary/aromatic N) is 3. The van der Waals surface area contributed by atoms with Gasteiger partial charge in [0, 0.05) is 6.20 Å². The smallest absolute Gasteiger partial charge is 0.310 e. The van der Waals surface area contributed by atoms with Crippen molar-refractivity contribution in [2.75, 3.05) is 5.32 Å². The van der Waals surface area contributed by atoms with Gasteiger partial charge in [-0.15, -0.1) is 10.2 Å². The Kier molecular flexibility index (Phi) is 5.08. The molecule has 2 aromatic heterocycles. The van der Waals surface area contributed by atoms with Gasteiger partial charge in [0.05, 0.1) is 12.1 Å². The fourth-order valence-electron chi connectivity index (χ4n) is 2.34. The summed E-state index contributed by atoms with van der Waals surface area (Å²) in [6.07, 6.45) is -2.96. The first-order chi connectivity index (χ1) is 12.7. The minimum absolute atomic E-state index is 0.0377. The van der Waals surface area contributed by atoms with Crippen molar-refractivity contribution in [3.8, 4) is 0 Å². The van der Waals surface area contributed by atoms with Crippen LogP contribution in [0.5, 0.6) is 0 Å². The zero-order valence-corrected chi connectivity index (χ0v) is 14.8. The number of anilines is 1. The number of aryl methyl sites for hydroxylation is 1. The maximum Gasteiger partial charge on any atom is 0.416 e. The lowest BCUT2D eigenvalue weighted by Gasteiger charge is -2.10. The van der Waals surface area contributed by atoms with Crippen LogP contribution >= 0.6 is 11.3 Å². The molecule has 0 aliphatic heterocycles. The zero-order chi connectivity index (χ0) is 19.6. The number of benzene rings is 1. The summed E-state index contributed by atoms with van der Waals surface area (Å²) in [7, 11) is 0. The molecule has 0 radical (unpaired) electrons. The van der Waals surface area contributed by atoms with Crippen molar-refractivity contribution in [2.24, 2.45) is 0 Å². The number of hydrogen-bond donors (Lipinski definition) is 1. The van der Waals surface area contributed by atoms with E-state index < -0.39 is 23.2 Å². The van der Waals surface area contributed by atoms with Crippen molar-refractivity contribution in [3.63, 3.8) is 0 Å². The summed E-state index contributed by atoms with van der Waals surface area (Å²) in [5.41, 5.74) is -0.921. The van der Waals surface area contributed by atoms with E-state index in [9.17, 15) is 22.8 Å². The number of amides is 1. The van der Waals surface area contributed by atoms with Gasteiger partial charge in [0.15, 0.2) is 0 Å². The predicted octanol–water partition coefficient (Wildman–Crippen LogP) is 3.33. The van der Waals surface area contributed by atoms with Gasteiger partial charge in [-0.05, 0) is 36.8 Å². The van der Waals surface area contributed by atoms with Gasteiger partial charge in [-0.3, -0.25) is 14.9 Å². The molecule has 140 valence electrons. The first-order valence-corrected chi connectivity index (χ1v) is 8.53. The Bertz CT molecular complexity index is 1030. The lowest BCUT2D eigenvalue weighted by Crippen LogP contribution is -2.29. The van der Waals surface area contributed by atoms with Gasteiger partial charge in [0.2, 0.25) is 5.13 Å². The molecule has 0 fully saturated rings. The summed E-state index contributed by atoms with van der Waals surface area (Å²) in [6.45, 7) is 1.77. The third kappa shape index (κ3) is 4.40. The second-order valence-corrected chi connectivity index (χ2v) is 6.81. The Morgan fingerprint density at radius 1 is 1.19 bits per heavy atom. The Balaban J connectivity index is 1.80. The Hall–Kier alpha value is -3.01. The van der Waals surface area contributed by atoms with Gasteiger partial charge in [-0.25, -0.2) is 0 Å². The van der Waals surface area contributed by atoms with Gasteiger partial charge in [-0.2, -0.15) is 13.2 Å². The quantitative estimate of drug-likeness (QED) is 0.737. The minimum Gasteiger partial charge on any atom is -0.310 e. The first-order valence-electron chi connectivity index (χ1n) is 7.71. The van der Waals surface area contributed by atoms with Gasteiger partial charge < -0.3 is 4.57 Å². The normalized spacial score (nSPS) is 11.4. The van der Waals surface area contributed by atoms with Crippen LogP contribution in [0.25, 0.3) is 0 Å². The van der Waals surface area contributed by atoms with Crippen LogP contribution in [0.3, 0.4) is 0 Å². The number of nitrogens with one attached hydrogen (secondary N) is 1. The average Bonchev–Trinajstić information content (AvgIpc) is 3.01. The average molecular weight is 394 g/mol. The monoisotopic (exact) mass is 394 g/mol. The second-order valence-electron chi connectivity index (χ2n) is 5.63. The van der Waals surface area contributed by atoms with E-state index in [0.717, 1.165) is 12.1 Å². The third-order valence-electron chi connectivity index (χ3n) is 3.65. The maximum absolute atomic E-state index is 12.6. The summed E-state index contributed by atoms with van der Waals surface area (Å²) in [4.78, 5) is 24.8. The van der Waals surface area contributed by atoms with Gasteiger partial charge in [0.25, 0.3) is 11.5 Å². The molecule has 0 unspecified atom stereocenters. The van der Waals surface area contributed by atoms with E-state index >= 15 is 0 Å². The van der Waals surface area contributed by atoms with E-state index in [4.69, 9.17) is 0 Å². The summed E-state index contributed by atoms with van der Waals surface area (Å²) in [5, 5.41) is 11.0. The molecule has 1 aromatic carbocycles. The highest BCUT2D eigenvalue weighted by Crippen LogP contribution is 2.29. The summed E-state index contributed by atoms with van der Waals surface area (Å²) in [5.74, 6) is -0.627. The second kappa shape index (κ2) is 7.31. The number of halogens is 3. The molecule has 0 saturated heterocycles. The summed E-state index contributed by atoms with van der Waals surface area (Å²) in [6, 6.07) is 7.39. The van der Waals surface area contributed by atoms with Crippen molar-refractivity contribution in [2.45, 2.75) is 19.6 Å². The van der Waals surface area contributed by atoms with Crippen LogP contribution < -0.4 is 10.9 Å². The lowest BCUT2D eigenvalue weighted by atomic mass is 10.1. The number of carbonyl (C=O) groups excluding carboxylic acids is 1.